The van der Waals surface area contributed by atoms with Crippen LogP contribution in [0.4, 0.5) is 4.70 Å². The zero-order valence-electron chi connectivity index (χ0n) is 3.62. The molecule has 0 fully saturated rings. The van der Waals surface area contributed by atoms with Crippen molar-refractivity contribution >= 4 is 27.5 Å². The maximum Gasteiger partial charge on any atom is 2.00 e. The van der Waals surface area contributed by atoms with Crippen LogP contribution in [0.2, 0.25) is 0 Å². The van der Waals surface area contributed by atoms with Gasteiger partial charge in [-0.2, -0.15) is 0 Å². The van der Waals surface area contributed by atoms with E-state index in [1.54, 1.807) is 0 Å². The molecule has 0 saturated carbocycles. The summed E-state index contributed by atoms with van der Waals surface area (Å²) in [6, 6.07) is 0. The molecule has 0 heterocycles. The zero-order valence-corrected chi connectivity index (χ0v) is 1.62. The molecule has 0 amide bonds. The Morgan fingerprint density at radius 1 is 1.25 bits per heavy atom. The Kier molecular flexibility index (Phi) is 2920. The van der Waals surface area contributed by atoms with Crippen molar-refractivity contribution in [1.29, 1.82) is 0 Å². The first-order chi connectivity index (χ1) is 0. The second kappa shape index (κ2) is 69.0. The van der Waals surface area contributed by atoms with E-state index in [1.807, 2.05) is 0 Å². The number of hydrogen-bond donors (Lipinski definition) is 0. The van der Waals surface area contributed by atoms with Crippen LogP contribution in [0, 0.1) is 0 Å². The van der Waals surface area contributed by atoms with Crippen LogP contribution in [0.5, 0.6) is 0 Å². The van der Waals surface area contributed by atoms with Crippen molar-refractivity contribution in [3.05, 3.63) is 0 Å². The van der Waals surface area contributed by atoms with Crippen molar-refractivity contribution in [1.82, 2.24) is 0 Å². The summed E-state index contributed by atoms with van der Waals surface area (Å²) in [5.41, 5.74) is 0. The minimum absolute atomic E-state index is 0. The Hall–Kier alpha value is 0.591. The molecule has 0 aromatic rings. The SMILES string of the molecule is F.O.[AlH3].[Be+2].[H-].[H-]. The van der Waals surface area contributed by atoms with Crippen LogP contribution in [0.15, 0.2) is 0 Å². The maximum absolute atomic E-state index is 0. The Balaban J connectivity index is 0. The summed E-state index contributed by atoms with van der Waals surface area (Å²) in [5.74, 6) is 0. The molecule has 0 unspecified atom stereocenters. The van der Waals surface area contributed by atoms with Gasteiger partial charge in [0.15, 0.2) is 17.4 Å². The molecule has 0 aliphatic rings. The largest absolute Gasteiger partial charge is 2.00 e. The first kappa shape index (κ1) is 169. The molecule has 4 heavy (non-hydrogen) atoms. The predicted molar refractivity (Wildman–Crippen MR) is 24.0 cm³/mol. The summed E-state index contributed by atoms with van der Waals surface area (Å²) >= 11 is 0. The first-order valence-corrected chi connectivity index (χ1v) is 0. The number of rotatable bonds is 0. The standard InChI is InChI=1S/Al.Be.FH.H2O.5H/h;;1H;1H2;;;;;/q;+2;;;;;;2*-1. The smallest absolute Gasteiger partial charge is 1.00 e. The molecule has 0 aromatic heterocycles. The van der Waals surface area contributed by atoms with Crippen LogP contribution >= 0.6 is 0 Å². The van der Waals surface area contributed by atoms with Gasteiger partial charge in [-0.25, -0.2) is 0 Å². The van der Waals surface area contributed by atoms with Gasteiger partial charge < -0.3 is 8.33 Å². The normalized spacial score (nSPS) is 0. The van der Waals surface area contributed by atoms with Crippen LogP contribution < -0.4 is 0 Å². The molecule has 0 aliphatic heterocycles. The second-order valence-corrected chi connectivity index (χ2v) is 0. The van der Waals surface area contributed by atoms with Gasteiger partial charge in [0.05, 0.1) is 0 Å². The van der Waals surface area contributed by atoms with E-state index in [-0.39, 0.29) is 40.5 Å². The molecule has 0 atom stereocenters. The van der Waals surface area contributed by atoms with E-state index in [9.17, 15) is 0 Å². The summed E-state index contributed by atoms with van der Waals surface area (Å²) in [6.07, 6.45) is 0. The molecule has 0 aromatic carbocycles. The number of hydrogen-bond acceptors (Lipinski definition) is 0. The van der Waals surface area contributed by atoms with Crippen LogP contribution in [0.1, 0.15) is 2.85 Å². The second-order valence-electron chi connectivity index (χ2n) is 0. The molecule has 0 radical (unpaired) electrons. The van der Waals surface area contributed by atoms with Crippen molar-refractivity contribution in [2.45, 2.75) is 0 Å². The van der Waals surface area contributed by atoms with Crippen molar-refractivity contribution < 1.29 is 13.0 Å². The van der Waals surface area contributed by atoms with Gasteiger partial charge in [0.1, 0.15) is 0 Å². The fraction of sp³-hybridized carbons (Fsp3) is 0. The van der Waals surface area contributed by atoms with E-state index in [0.29, 0.717) is 0 Å². The average Bonchev–Trinajstić information content (AvgIpc) is 0. The maximum atomic E-state index is 0. The first-order valence-electron chi connectivity index (χ1n) is 0. The van der Waals surface area contributed by atoms with Crippen molar-refractivity contribution in [2.24, 2.45) is 0 Å². The molecule has 0 saturated heterocycles. The van der Waals surface area contributed by atoms with Gasteiger partial charge in [-0.3, -0.25) is 4.70 Å². The molecule has 4 heteroatoms. The minimum atomic E-state index is 0. The third kappa shape index (κ3) is 18.8. The van der Waals surface area contributed by atoms with Crippen molar-refractivity contribution in [3.63, 3.8) is 0 Å². The Bertz CT molecular complexity index is 13.5. The predicted octanol–water partition coefficient (Wildman–Crippen LogP) is -2.01. The quantitative estimate of drug-likeness (QED) is 0.300. The summed E-state index contributed by atoms with van der Waals surface area (Å²) < 4.78 is 0. The third-order valence-electron chi connectivity index (χ3n) is 0. The van der Waals surface area contributed by atoms with Crippen molar-refractivity contribution in [2.75, 3.05) is 0 Å². The minimum Gasteiger partial charge on any atom is -1.00 e. The molecule has 0 bridgehead atoms. The molecule has 1 nitrogen and oxygen atoms in total. The van der Waals surface area contributed by atoms with Crippen LogP contribution in [0.25, 0.3) is 0 Å². The molecule has 0 aliphatic carbocycles. The third-order valence-corrected chi connectivity index (χ3v) is 0. The van der Waals surface area contributed by atoms with Crippen molar-refractivity contribution in [3.8, 4) is 0 Å². The summed E-state index contributed by atoms with van der Waals surface area (Å²) in [7, 11) is 0. The van der Waals surface area contributed by atoms with E-state index >= 15 is 0 Å². The molecular weight excluding hydrogens is 71.0 g/mol. The monoisotopic (exact) mass is 79.0 g/mol. The topological polar surface area (TPSA) is 31.5 Å². The fourth-order valence-corrected chi connectivity index (χ4v) is 0. The molecule has 0 rings (SSSR count). The van der Waals surface area contributed by atoms with Gasteiger partial charge in [0.2, 0.25) is 0 Å². The van der Waals surface area contributed by atoms with Crippen LogP contribution in [-0.2, 0) is 0 Å². The Morgan fingerprint density at radius 3 is 1.25 bits per heavy atom. The van der Waals surface area contributed by atoms with E-state index in [1.165, 1.54) is 0 Å². The van der Waals surface area contributed by atoms with Crippen LogP contribution in [-0.4, -0.2) is 33.0 Å². The van der Waals surface area contributed by atoms with E-state index < -0.39 is 0 Å². The van der Waals surface area contributed by atoms with E-state index in [0.717, 1.165) is 0 Å². The summed E-state index contributed by atoms with van der Waals surface area (Å²) in [6.45, 7) is 0. The Labute approximate surface area is 41.4 Å². The van der Waals surface area contributed by atoms with Gasteiger partial charge in [0.25, 0.3) is 0 Å². The van der Waals surface area contributed by atoms with Crippen LogP contribution in [0.3, 0.4) is 0 Å². The molecular formula is H8AlBeFO. The van der Waals surface area contributed by atoms with Gasteiger partial charge >= 0.3 is 10.1 Å². The molecule has 2 N–H and O–H groups in total. The van der Waals surface area contributed by atoms with E-state index in [4.69, 9.17) is 0 Å². The number of halogens is 1. The van der Waals surface area contributed by atoms with Gasteiger partial charge in [-0.05, 0) is 0 Å². The average molecular weight is 79.1 g/mol. The summed E-state index contributed by atoms with van der Waals surface area (Å²) in [4.78, 5) is 0. The van der Waals surface area contributed by atoms with Gasteiger partial charge in [0, 0.05) is 0 Å². The fourth-order valence-electron chi connectivity index (χ4n) is 0. The Morgan fingerprint density at radius 2 is 1.25 bits per heavy atom. The molecule has 0 spiro atoms. The van der Waals surface area contributed by atoms with Gasteiger partial charge in [-0.15, -0.1) is 0 Å². The van der Waals surface area contributed by atoms with Gasteiger partial charge in [-0.1, -0.05) is 0 Å². The summed E-state index contributed by atoms with van der Waals surface area (Å²) in [5, 5.41) is 0. The molecule has 26 valence electrons. The zero-order chi connectivity index (χ0) is 0. The van der Waals surface area contributed by atoms with E-state index in [2.05, 4.69) is 0 Å².